The SMILES string of the molecule is Cc1ccc2c(c1)nc(C(C)Cl)n2C1CC1. The molecule has 1 heterocycles. The summed E-state index contributed by atoms with van der Waals surface area (Å²) in [4.78, 5) is 4.67. The van der Waals surface area contributed by atoms with E-state index in [1.54, 1.807) is 0 Å². The van der Waals surface area contributed by atoms with Crippen LogP contribution in [0.4, 0.5) is 0 Å². The summed E-state index contributed by atoms with van der Waals surface area (Å²) < 4.78 is 2.33. The van der Waals surface area contributed by atoms with Gasteiger partial charge in [0.25, 0.3) is 0 Å². The molecular formula is C13H15ClN2. The van der Waals surface area contributed by atoms with Gasteiger partial charge in [0.2, 0.25) is 0 Å². The Bertz CT molecular complexity index is 538. The molecule has 1 aromatic carbocycles. The molecule has 1 fully saturated rings. The Morgan fingerprint density at radius 3 is 2.81 bits per heavy atom. The molecule has 0 bridgehead atoms. The van der Waals surface area contributed by atoms with Crippen molar-refractivity contribution < 1.29 is 0 Å². The van der Waals surface area contributed by atoms with Crippen LogP contribution in [0.2, 0.25) is 0 Å². The standard InChI is InChI=1S/C13H15ClN2/c1-8-3-6-12-11(7-8)15-13(9(2)14)16(12)10-4-5-10/h3,6-7,9-10H,4-5H2,1-2H3. The van der Waals surface area contributed by atoms with E-state index >= 15 is 0 Å². The van der Waals surface area contributed by atoms with E-state index in [0.717, 1.165) is 11.3 Å². The largest absolute Gasteiger partial charge is 0.324 e. The normalized spacial score (nSPS) is 17.9. The number of nitrogens with zero attached hydrogens (tertiary/aromatic N) is 2. The predicted molar refractivity (Wildman–Crippen MR) is 67.0 cm³/mol. The molecule has 0 N–H and O–H groups in total. The highest BCUT2D eigenvalue weighted by Gasteiger charge is 2.29. The van der Waals surface area contributed by atoms with Crippen molar-refractivity contribution >= 4 is 22.6 Å². The quantitative estimate of drug-likeness (QED) is 0.719. The van der Waals surface area contributed by atoms with Crippen molar-refractivity contribution in [2.45, 2.75) is 38.1 Å². The van der Waals surface area contributed by atoms with E-state index < -0.39 is 0 Å². The van der Waals surface area contributed by atoms with Gasteiger partial charge in [-0.1, -0.05) is 6.07 Å². The van der Waals surface area contributed by atoms with E-state index in [-0.39, 0.29) is 5.38 Å². The third-order valence-corrected chi connectivity index (χ3v) is 3.34. The van der Waals surface area contributed by atoms with Gasteiger partial charge in [-0.3, -0.25) is 0 Å². The maximum atomic E-state index is 6.21. The fourth-order valence-corrected chi connectivity index (χ4v) is 2.38. The van der Waals surface area contributed by atoms with Crippen LogP contribution in [0.5, 0.6) is 0 Å². The van der Waals surface area contributed by atoms with Crippen LogP contribution in [0, 0.1) is 6.92 Å². The second-order valence-corrected chi connectivity index (χ2v) is 5.33. The van der Waals surface area contributed by atoms with Crippen LogP contribution >= 0.6 is 11.6 Å². The fraction of sp³-hybridized carbons (Fsp3) is 0.462. The number of halogens is 1. The van der Waals surface area contributed by atoms with Gasteiger partial charge in [-0.2, -0.15) is 0 Å². The third-order valence-electron chi connectivity index (χ3n) is 3.14. The van der Waals surface area contributed by atoms with Gasteiger partial charge in [0.05, 0.1) is 16.4 Å². The van der Waals surface area contributed by atoms with Crippen molar-refractivity contribution in [3.05, 3.63) is 29.6 Å². The van der Waals surface area contributed by atoms with Crippen LogP contribution in [0.15, 0.2) is 18.2 Å². The van der Waals surface area contributed by atoms with Gasteiger partial charge < -0.3 is 4.57 Å². The minimum absolute atomic E-state index is 0.0201. The van der Waals surface area contributed by atoms with E-state index in [1.165, 1.54) is 23.9 Å². The average Bonchev–Trinajstić information content (AvgIpc) is 2.99. The molecule has 1 saturated carbocycles. The Hall–Kier alpha value is -1.02. The molecule has 84 valence electrons. The molecular weight excluding hydrogens is 220 g/mol. The molecule has 1 atom stereocenters. The van der Waals surface area contributed by atoms with E-state index in [4.69, 9.17) is 11.6 Å². The Labute approximate surface area is 100 Å². The molecule has 2 aromatic rings. The molecule has 0 aliphatic heterocycles. The molecule has 1 aliphatic rings. The summed E-state index contributed by atoms with van der Waals surface area (Å²) in [5.41, 5.74) is 3.56. The average molecular weight is 235 g/mol. The highest BCUT2D eigenvalue weighted by Crippen LogP contribution is 2.40. The summed E-state index contributed by atoms with van der Waals surface area (Å²) in [7, 11) is 0. The number of aromatic nitrogens is 2. The fourth-order valence-electron chi connectivity index (χ4n) is 2.22. The maximum Gasteiger partial charge on any atom is 0.127 e. The van der Waals surface area contributed by atoms with Crippen LogP contribution in [0.1, 0.15) is 42.6 Å². The zero-order chi connectivity index (χ0) is 11.3. The smallest absolute Gasteiger partial charge is 0.127 e. The summed E-state index contributed by atoms with van der Waals surface area (Å²) in [6.45, 7) is 4.09. The Kier molecular flexibility index (Phi) is 2.21. The molecule has 3 heteroatoms. The number of hydrogen-bond acceptors (Lipinski definition) is 1. The lowest BCUT2D eigenvalue weighted by molar-refractivity contribution is 0.700. The second kappa shape index (κ2) is 3.49. The number of imidazole rings is 1. The summed E-state index contributed by atoms with van der Waals surface area (Å²) in [6, 6.07) is 7.07. The number of benzene rings is 1. The van der Waals surface area contributed by atoms with Gasteiger partial charge in [-0.15, -0.1) is 11.6 Å². The van der Waals surface area contributed by atoms with E-state index in [9.17, 15) is 0 Å². The van der Waals surface area contributed by atoms with E-state index in [2.05, 4.69) is 34.7 Å². The maximum absolute atomic E-state index is 6.21. The van der Waals surface area contributed by atoms with Crippen molar-refractivity contribution in [1.82, 2.24) is 9.55 Å². The lowest BCUT2D eigenvalue weighted by Crippen LogP contribution is -2.01. The molecule has 0 radical (unpaired) electrons. The van der Waals surface area contributed by atoms with Crippen LogP contribution in [0.3, 0.4) is 0 Å². The minimum Gasteiger partial charge on any atom is -0.324 e. The molecule has 3 rings (SSSR count). The Morgan fingerprint density at radius 1 is 1.44 bits per heavy atom. The minimum atomic E-state index is -0.0201. The summed E-state index contributed by atoms with van der Waals surface area (Å²) in [5, 5.41) is -0.0201. The number of fused-ring (bicyclic) bond motifs is 1. The zero-order valence-electron chi connectivity index (χ0n) is 9.57. The number of aryl methyl sites for hydroxylation is 1. The topological polar surface area (TPSA) is 17.8 Å². The summed E-state index contributed by atoms with van der Waals surface area (Å²) >= 11 is 6.21. The molecule has 0 amide bonds. The number of rotatable bonds is 2. The second-order valence-electron chi connectivity index (χ2n) is 4.68. The third kappa shape index (κ3) is 1.52. The highest BCUT2D eigenvalue weighted by molar-refractivity contribution is 6.20. The molecule has 1 aliphatic carbocycles. The van der Waals surface area contributed by atoms with Gasteiger partial charge in [-0.25, -0.2) is 4.98 Å². The molecule has 2 nitrogen and oxygen atoms in total. The molecule has 0 spiro atoms. The molecule has 1 aromatic heterocycles. The number of hydrogen-bond donors (Lipinski definition) is 0. The van der Waals surface area contributed by atoms with E-state index in [0.29, 0.717) is 6.04 Å². The van der Waals surface area contributed by atoms with Gasteiger partial charge in [0.15, 0.2) is 0 Å². The van der Waals surface area contributed by atoms with Crippen molar-refractivity contribution in [2.75, 3.05) is 0 Å². The summed E-state index contributed by atoms with van der Waals surface area (Å²) in [5.74, 6) is 1.02. The lowest BCUT2D eigenvalue weighted by Gasteiger charge is -2.08. The van der Waals surface area contributed by atoms with Crippen LogP contribution in [-0.4, -0.2) is 9.55 Å². The number of alkyl halides is 1. The Balaban J connectivity index is 2.28. The van der Waals surface area contributed by atoms with Crippen LogP contribution in [-0.2, 0) is 0 Å². The van der Waals surface area contributed by atoms with Crippen molar-refractivity contribution in [3.63, 3.8) is 0 Å². The van der Waals surface area contributed by atoms with Gasteiger partial charge in [0.1, 0.15) is 5.82 Å². The van der Waals surface area contributed by atoms with Crippen molar-refractivity contribution in [1.29, 1.82) is 0 Å². The van der Waals surface area contributed by atoms with Crippen molar-refractivity contribution in [3.8, 4) is 0 Å². The van der Waals surface area contributed by atoms with Crippen LogP contribution in [0.25, 0.3) is 11.0 Å². The van der Waals surface area contributed by atoms with Crippen molar-refractivity contribution in [2.24, 2.45) is 0 Å². The Morgan fingerprint density at radius 2 is 2.19 bits per heavy atom. The first-order valence-corrected chi connectivity index (χ1v) is 6.23. The molecule has 0 saturated heterocycles. The lowest BCUT2D eigenvalue weighted by atomic mass is 10.2. The molecule has 16 heavy (non-hydrogen) atoms. The van der Waals surface area contributed by atoms with E-state index in [1.807, 2.05) is 6.92 Å². The van der Waals surface area contributed by atoms with Gasteiger partial charge >= 0.3 is 0 Å². The zero-order valence-corrected chi connectivity index (χ0v) is 10.3. The predicted octanol–water partition coefficient (Wildman–Crippen LogP) is 3.98. The monoisotopic (exact) mass is 234 g/mol. The van der Waals surface area contributed by atoms with Crippen LogP contribution < -0.4 is 0 Å². The highest BCUT2D eigenvalue weighted by atomic mass is 35.5. The first-order chi connectivity index (χ1) is 7.66. The van der Waals surface area contributed by atoms with Gasteiger partial charge in [-0.05, 0) is 44.4 Å². The van der Waals surface area contributed by atoms with Gasteiger partial charge in [0, 0.05) is 6.04 Å². The summed E-state index contributed by atoms with van der Waals surface area (Å²) in [6.07, 6.45) is 2.52. The first kappa shape index (κ1) is 10.2. The first-order valence-electron chi connectivity index (χ1n) is 5.79. The molecule has 1 unspecified atom stereocenters.